The third-order valence-electron chi connectivity index (χ3n) is 4.24. The standard InChI is InChI=1S/C17H19F6NO3/c1-10(2)27-14(25)24-8-4-3-5-11-9-12(6-7-13(11)24)15(26,16(18,19)20)17(21,22)23/h6-7,9-10,26H,3-5,8H2,1-2H3. The van der Waals surface area contributed by atoms with Crippen molar-refractivity contribution in [3.8, 4) is 0 Å². The molecule has 1 aromatic rings. The monoisotopic (exact) mass is 399 g/mol. The number of benzene rings is 1. The number of anilines is 1. The van der Waals surface area contributed by atoms with Gasteiger partial charge in [-0.2, -0.15) is 26.3 Å². The molecular weight excluding hydrogens is 380 g/mol. The van der Waals surface area contributed by atoms with Crippen LogP contribution >= 0.6 is 0 Å². The van der Waals surface area contributed by atoms with Gasteiger partial charge in [0.05, 0.1) is 11.8 Å². The minimum Gasteiger partial charge on any atom is -0.446 e. The summed E-state index contributed by atoms with van der Waals surface area (Å²) in [6, 6.07) is 2.19. The summed E-state index contributed by atoms with van der Waals surface area (Å²) in [7, 11) is 0. The third kappa shape index (κ3) is 3.99. The van der Waals surface area contributed by atoms with Gasteiger partial charge in [0.15, 0.2) is 0 Å². The van der Waals surface area contributed by atoms with Crippen molar-refractivity contribution in [2.45, 2.75) is 57.2 Å². The van der Waals surface area contributed by atoms with Crippen molar-refractivity contribution in [2.75, 3.05) is 11.4 Å². The van der Waals surface area contributed by atoms with Crippen molar-refractivity contribution in [1.29, 1.82) is 0 Å². The average molecular weight is 399 g/mol. The maximum Gasteiger partial charge on any atom is 0.430 e. The Bertz CT molecular complexity index is 685. The molecule has 0 radical (unpaired) electrons. The highest BCUT2D eigenvalue weighted by atomic mass is 19.4. The van der Waals surface area contributed by atoms with E-state index < -0.39 is 35.7 Å². The molecule has 0 fully saturated rings. The second-order valence-electron chi connectivity index (χ2n) is 6.59. The molecule has 0 saturated heterocycles. The minimum atomic E-state index is -5.96. The quantitative estimate of drug-likeness (QED) is 0.735. The number of halogens is 6. The highest BCUT2D eigenvalue weighted by Gasteiger charge is 2.71. The van der Waals surface area contributed by atoms with E-state index in [0.717, 1.165) is 6.07 Å². The molecule has 0 spiro atoms. The second-order valence-corrected chi connectivity index (χ2v) is 6.59. The van der Waals surface area contributed by atoms with Crippen LogP contribution in [0.3, 0.4) is 0 Å². The van der Waals surface area contributed by atoms with Crippen LogP contribution in [-0.2, 0) is 16.8 Å². The Labute approximate surface area is 151 Å². The van der Waals surface area contributed by atoms with Crippen LogP contribution in [0.2, 0.25) is 0 Å². The van der Waals surface area contributed by atoms with Gasteiger partial charge in [0.1, 0.15) is 0 Å². The normalized spacial score (nSPS) is 16.1. The predicted molar refractivity (Wildman–Crippen MR) is 84.3 cm³/mol. The number of hydrogen-bond donors (Lipinski definition) is 1. The number of nitrogens with zero attached hydrogens (tertiary/aromatic N) is 1. The molecular formula is C17H19F6NO3. The Kier molecular flexibility index (Phi) is 5.70. The molecule has 10 heteroatoms. The molecule has 1 aliphatic heterocycles. The lowest BCUT2D eigenvalue weighted by Crippen LogP contribution is -2.54. The van der Waals surface area contributed by atoms with E-state index in [0.29, 0.717) is 25.0 Å². The topological polar surface area (TPSA) is 49.8 Å². The zero-order chi connectivity index (χ0) is 20.6. The summed E-state index contributed by atoms with van der Waals surface area (Å²) in [4.78, 5) is 13.4. The van der Waals surface area contributed by atoms with Crippen molar-refractivity contribution in [1.82, 2.24) is 0 Å². The maximum absolute atomic E-state index is 13.1. The van der Waals surface area contributed by atoms with Gasteiger partial charge in [0, 0.05) is 12.1 Å². The smallest absolute Gasteiger partial charge is 0.430 e. The van der Waals surface area contributed by atoms with Gasteiger partial charge in [-0.05, 0) is 44.7 Å². The number of rotatable bonds is 2. The largest absolute Gasteiger partial charge is 0.446 e. The van der Waals surface area contributed by atoms with Gasteiger partial charge in [-0.1, -0.05) is 12.1 Å². The number of aryl methyl sites for hydroxylation is 1. The molecule has 2 rings (SSSR count). The fourth-order valence-electron chi connectivity index (χ4n) is 2.92. The first-order valence-corrected chi connectivity index (χ1v) is 8.26. The first-order chi connectivity index (χ1) is 12.3. The number of fused-ring (bicyclic) bond motifs is 1. The molecule has 27 heavy (non-hydrogen) atoms. The van der Waals surface area contributed by atoms with Gasteiger partial charge in [0.25, 0.3) is 5.60 Å². The van der Waals surface area contributed by atoms with Crippen LogP contribution in [0, 0.1) is 0 Å². The van der Waals surface area contributed by atoms with E-state index in [1.54, 1.807) is 13.8 Å². The van der Waals surface area contributed by atoms with Crippen molar-refractivity contribution < 1.29 is 41.0 Å². The van der Waals surface area contributed by atoms with E-state index in [1.165, 1.54) is 4.90 Å². The number of hydrogen-bond acceptors (Lipinski definition) is 3. The highest BCUT2D eigenvalue weighted by molar-refractivity contribution is 5.89. The minimum absolute atomic E-state index is 0.109. The van der Waals surface area contributed by atoms with Crippen molar-refractivity contribution in [3.05, 3.63) is 29.3 Å². The van der Waals surface area contributed by atoms with E-state index in [-0.39, 0.29) is 24.2 Å². The summed E-state index contributed by atoms with van der Waals surface area (Å²) in [5, 5.41) is 9.57. The van der Waals surface area contributed by atoms with Crippen molar-refractivity contribution >= 4 is 11.8 Å². The van der Waals surface area contributed by atoms with Gasteiger partial charge in [0.2, 0.25) is 0 Å². The number of ether oxygens (including phenoxy) is 1. The number of alkyl halides is 6. The average Bonchev–Trinajstić information content (AvgIpc) is 2.72. The predicted octanol–water partition coefficient (Wildman–Crippen LogP) is 4.69. The number of carbonyl (C=O) groups excluding carboxylic acids is 1. The second kappa shape index (κ2) is 7.21. The van der Waals surface area contributed by atoms with E-state index >= 15 is 0 Å². The summed E-state index contributed by atoms with van der Waals surface area (Å²) in [5.74, 6) is 0. The van der Waals surface area contributed by atoms with Crippen LogP contribution in [-0.4, -0.2) is 36.2 Å². The molecule has 0 saturated carbocycles. The summed E-state index contributed by atoms with van der Waals surface area (Å²) in [6.07, 6.45) is -12.0. The Morgan fingerprint density at radius 2 is 1.70 bits per heavy atom. The van der Waals surface area contributed by atoms with Gasteiger partial charge in [-0.3, -0.25) is 4.90 Å². The first kappa shape index (κ1) is 21.3. The van der Waals surface area contributed by atoms with Crippen molar-refractivity contribution in [3.63, 3.8) is 0 Å². The highest BCUT2D eigenvalue weighted by Crippen LogP contribution is 2.50. The van der Waals surface area contributed by atoms with Crippen LogP contribution < -0.4 is 4.90 Å². The summed E-state index contributed by atoms with van der Waals surface area (Å²) < 4.78 is 83.6. The fourth-order valence-corrected chi connectivity index (χ4v) is 2.92. The Balaban J connectivity index is 2.54. The van der Waals surface area contributed by atoms with E-state index in [9.17, 15) is 36.2 Å². The van der Waals surface area contributed by atoms with Gasteiger partial charge >= 0.3 is 18.4 Å². The van der Waals surface area contributed by atoms with Crippen LogP contribution in [0.5, 0.6) is 0 Å². The summed E-state index contributed by atoms with van der Waals surface area (Å²) in [5.41, 5.74) is -6.04. The molecule has 1 heterocycles. The molecule has 0 bridgehead atoms. The molecule has 0 unspecified atom stereocenters. The fraction of sp³-hybridized carbons (Fsp3) is 0.588. The van der Waals surface area contributed by atoms with E-state index in [4.69, 9.17) is 4.74 Å². The SMILES string of the molecule is CC(C)OC(=O)N1CCCCc2cc(C(O)(C(F)(F)F)C(F)(F)F)ccc21. The molecule has 4 nitrogen and oxygen atoms in total. The van der Waals surface area contributed by atoms with Gasteiger partial charge in [-0.15, -0.1) is 0 Å². The lowest BCUT2D eigenvalue weighted by Gasteiger charge is -2.33. The first-order valence-electron chi connectivity index (χ1n) is 8.26. The van der Waals surface area contributed by atoms with Gasteiger partial charge in [-0.25, -0.2) is 4.79 Å². The van der Waals surface area contributed by atoms with Gasteiger partial charge < -0.3 is 9.84 Å². The van der Waals surface area contributed by atoms with E-state index in [1.807, 2.05) is 0 Å². The summed E-state index contributed by atoms with van der Waals surface area (Å²) >= 11 is 0. The Hall–Kier alpha value is -1.97. The van der Waals surface area contributed by atoms with Crippen molar-refractivity contribution in [2.24, 2.45) is 0 Å². The summed E-state index contributed by atoms with van der Waals surface area (Å²) in [6.45, 7) is 3.46. The zero-order valence-corrected chi connectivity index (χ0v) is 14.6. The molecule has 1 aliphatic rings. The van der Waals surface area contributed by atoms with Crippen LogP contribution in [0.25, 0.3) is 0 Å². The zero-order valence-electron chi connectivity index (χ0n) is 14.6. The molecule has 1 N–H and O–H groups in total. The number of aliphatic hydroxyl groups is 1. The lowest BCUT2D eigenvalue weighted by atomic mass is 9.89. The molecule has 152 valence electrons. The maximum atomic E-state index is 13.1. The molecule has 0 aromatic heterocycles. The molecule has 0 aliphatic carbocycles. The Morgan fingerprint density at radius 3 is 2.22 bits per heavy atom. The molecule has 1 aromatic carbocycles. The Morgan fingerprint density at radius 1 is 1.11 bits per heavy atom. The number of carbonyl (C=O) groups is 1. The lowest BCUT2D eigenvalue weighted by molar-refractivity contribution is -0.376. The van der Waals surface area contributed by atoms with Crippen LogP contribution in [0.1, 0.15) is 37.8 Å². The number of amides is 1. The molecule has 1 amide bonds. The molecule has 0 atom stereocenters. The van der Waals surface area contributed by atoms with E-state index in [2.05, 4.69) is 0 Å². The third-order valence-corrected chi connectivity index (χ3v) is 4.24. The van der Waals surface area contributed by atoms with Crippen LogP contribution in [0.4, 0.5) is 36.8 Å². The van der Waals surface area contributed by atoms with Crippen LogP contribution in [0.15, 0.2) is 18.2 Å².